The van der Waals surface area contributed by atoms with E-state index in [0.29, 0.717) is 0 Å². The number of nitrogens with two attached hydrogens (primary N) is 1. The zero-order valence-electron chi connectivity index (χ0n) is 6.53. The molecular formula is C8H7ClF3N. The van der Waals surface area contributed by atoms with Crippen molar-refractivity contribution in [2.45, 2.75) is 6.04 Å². The van der Waals surface area contributed by atoms with Crippen LogP contribution in [0.1, 0.15) is 11.6 Å². The fourth-order valence-corrected chi connectivity index (χ4v) is 1.25. The summed E-state index contributed by atoms with van der Waals surface area (Å²) in [7, 11) is 0. The summed E-state index contributed by atoms with van der Waals surface area (Å²) in [6, 6.07) is 0.515. The maximum atomic E-state index is 13.0. The predicted octanol–water partition coefficient (Wildman–Crippen LogP) is 2.59. The molecule has 0 amide bonds. The highest BCUT2D eigenvalue weighted by molar-refractivity contribution is 6.31. The van der Waals surface area contributed by atoms with Crippen molar-refractivity contribution < 1.29 is 13.2 Å². The summed E-state index contributed by atoms with van der Waals surface area (Å²) < 4.78 is 37.8. The van der Waals surface area contributed by atoms with E-state index in [1.807, 2.05) is 0 Å². The van der Waals surface area contributed by atoms with Crippen molar-refractivity contribution in [2.75, 3.05) is 6.67 Å². The van der Waals surface area contributed by atoms with Gasteiger partial charge in [-0.15, -0.1) is 0 Å². The summed E-state index contributed by atoms with van der Waals surface area (Å²) >= 11 is 5.41. The molecule has 72 valence electrons. The van der Waals surface area contributed by atoms with E-state index >= 15 is 0 Å². The molecule has 0 spiro atoms. The van der Waals surface area contributed by atoms with Crippen molar-refractivity contribution in [3.8, 4) is 0 Å². The van der Waals surface area contributed by atoms with E-state index in [2.05, 4.69) is 0 Å². The first-order chi connectivity index (χ1) is 6.07. The van der Waals surface area contributed by atoms with Gasteiger partial charge in [0.05, 0.1) is 11.1 Å². The Bertz CT molecular complexity index is 317. The second kappa shape index (κ2) is 3.98. The zero-order chi connectivity index (χ0) is 10.0. The van der Waals surface area contributed by atoms with Crippen LogP contribution in [0.3, 0.4) is 0 Å². The van der Waals surface area contributed by atoms with Gasteiger partial charge in [-0.1, -0.05) is 11.6 Å². The second-order valence-corrected chi connectivity index (χ2v) is 2.90. The molecule has 0 saturated heterocycles. The highest BCUT2D eigenvalue weighted by atomic mass is 35.5. The van der Waals surface area contributed by atoms with Crippen LogP contribution in [0.25, 0.3) is 0 Å². The van der Waals surface area contributed by atoms with E-state index in [1.165, 1.54) is 0 Å². The lowest BCUT2D eigenvalue weighted by atomic mass is 10.1. The van der Waals surface area contributed by atoms with Crippen LogP contribution in [0.5, 0.6) is 0 Å². The zero-order valence-corrected chi connectivity index (χ0v) is 7.28. The minimum atomic E-state index is -1.22. The van der Waals surface area contributed by atoms with Gasteiger partial charge in [-0.05, 0) is 12.1 Å². The van der Waals surface area contributed by atoms with Crippen molar-refractivity contribution in [2.24, 2.45) is 5.73 Å². The largest absolute Gasteiger partial charge is 0.322 e. The third kappa shape index (κ3) is 1.95. The number of rotatable bonds is 2. The van der Waals surface area contributed by atoms with Gasteiger partial charge in [0.15, 0.2) is 0 Å². The summed E-state index contributed by atoms with van der Waals surface area (Å²) in [5.74, 6) is -1.60. The standard InChI is InChI=1S/C8H7ClF3N/c9-8-5(12)2-1-4(11)7(8)6(13)3-10/h1-2,6H,3,13H2/t6-/m0/s1. The molecule has 13 heavy (non-hydrogen) atoms. The lowest BCUT2D eigenvalue weighted by molar-refractivity contribution is 0.425. The summed E-state index contributed by atoms with van der Waals surface area (Å²) in [6.45, 7) is -0.986. The molecule has 5 heteroatoms. The smallest absolute Gasteiger partial charge is 0.142 e. The van der Waals surface area contributed by atoms with E-state index < -0.39 is 29.4 Å². The molecule has 0 aromatic heterocycles. The molecular weight excluding hydrogens is 203 g/mol. The third-order valence-corrected chi connectivity index (χ3v) is 2.00. The normalized spacial score (nSPS) is 13.0. The lowest BCUT2D eigenvalue weighted by Gasteiger charge is -2.10. The van der Waals surface area contributed by atoms with E-state index in [9.17, 15) is 13.2 Å². The first-order valence-corrected chi connectivity index (χ1v) is 3.90. The summed E-state index contributed by atoms with van der Waals surface area (Å²) in [6.07, 6.45) is 0. The van der Waals surface area contributed by atoms with E-state index in [4.69, 9.17) is 17.3 Å². The molecule has 0 bridgehead atoms. The van der Waals surface area contributed by atoms with Gasteiger partial charge < -0.3 is 5.73 Å². The number of alkyl halides is 1. The van der Waals surface area contributed by atoms with Gasteiger partial charge in [-0.2, -0.15) is 0 Å². The molecule has 1 aromatic carbocycles. The van der Waals surface area contributed by atoms with Crippen molar-refractivity contribution in [3.63, 3.8) is 0 Å². The van der Waals surface area contributed by atoms with Crippen LogP contribution < -0.4 is 5.73 Å². The Morgan fingerprint density at radius 2 is 1.85 bits per heavy atom. The van der Waals surface area contributed by atoms with Gasteiger partial charge >= 0.3 is 0 Å². The number of hydrogen-bond donors (Lipinski definition) is 1. The molecule has 2 N–H and O–H groups in total. The van der Waals surface area contributed by atoms with Gasteiger partial charge in [-0.25, -0.2) is 13.2 Å². The highest BCUT2D eigenvalue weighted by Crippen LogP contribution is 2.27. The van der Waals surface area contributed by atoms with Crippen molar-refractivity contribution in [1.29, 1.82) is 0 Å². The van der Waals surface area contributed by atoms with Crippen molar-refractivity contribution >= 4 is 11.6 Å². The Balaban J connectivity index is 3.25. The molecule has 0 aliphatic rings. The quantitative estimate of drug-likeness (QED) is 0.745. The maximum absolute atomic E-state index is 13.0. The van der Waals surface area contributed by atoms with Gasteiger partial charge in [0, 0.05) is 5.56 Å². The van der Waals surface area contributed by atoms with Gasteiger partial charge in [0.25, 0.3) is 0 Å². The summed E-state index contributed by atoms with van der Waals surface area (Å²) in [5, 5.41) is -0.454. The van der Waals surface area contributed by atoms with E-state index in [-0.39, 0.29) is 5.56 Å². The van der Waals surface area contributed by atoms with Crippen LogP contribution in [0.2, 0.25) is 5.02 Å². The Morgan fingerprint density at radius 1 is 1.31 bits per heavy atom. The SMILES string of the molecule is N[C@@H](CF)c1c(F)ccc(F)c1Cl. The Labute approximate surface area is 78.3 Å². The monoisotopic (exact) mass is 209 g/mol. The number of hydrogen-bond acceptors (Lipinski definition) is 1. The lowest BCUT2D eigenvalue weighted by Crippen LogP contribution is -2.15. The van der Waals surface area contributed by atoms with Crippen molar-refractivity contribution in [3.05, 3.63) is 34.4 Å². The predicted molar refractivity (Wildman–Crippen MR) is 44.3 cm³/mol. The molecule has 0 fully saturated rings. The van der Waals surface area contributed by atoms with Crippen LogP contribution in [-0.2, 0) is 0 Å². The van der Waals surface area contributed by atoms with Crippen molar-refractivity contribution in [1.82, 2.24) is 0 Å². The first kappa shape index (κ1) is 10.3. The topological polar surface area (TPSA) is 26.0 Å². The van der Waals surface area contributed by atoms with Crippen LogP contribution in [-0.4, -0.2) is 6.67 Å². The third-order valence-electron chi connectivity index (χ3n) is 1.62. The highest BCUT2D eigenvalue weighted by Gasteiger charge is 2.17. The van der Waals surface area contributed by atoms with Crippen LogP contribution in [0, 0.1) is 11.6 Å². The Kier molecular flexibility index (Phi) is 3.17. The second-order valence-electron chi connectivity index (χ2n) is 2.52. The molecule has 1 nitrogen and oxygen atoms in total. The van der Waals surface area contributed by atoms with Gasteiger partial charge in [0.1, 0.15) is 18.3 Å². The fourth-order valence-electron chi connectivity index (χ4n) is 0.960. The Hall–Kier alpha value is -0.740. The van der Waals surface area contributed by atoms with E-state index in [0.717, 1.165) is 12.1 Å². The van der Waals surface area contributed by atoms with Gasteiger partial charge in [0.2, 0.25) is 0 Å². The molecule has 0 radical (unpaired) electrons. The molecule has 0 heterocycles. The maximum Gasteiger partial charge on any atom is 0.142 e. The minimum absolute atomic E-state index is 0.316. The molecule has 1 atom stereocenters. The van der Waals surface area contributed by atoms with E-state index in [1.54, 1.807) is 0 Å². The van der Waals surface area contributed by atoms with Crippen LogP contribution in [0.4, 0.5) is 13.2 Å². The molecule has 1 aromatic rings. The summed E-state index contributed by atoms with van der Waals surface area (Å²) in [5.41, 5.74) is 4.88. The molecule has 1 rings (SSSR count). The number of benzene rings is 1. The molecule has 0 saturated carbocycles. The molecule has 0 aliphatic heterocycles. The molecule has 0 unspecified atom stereocenters. The minimum Gasteiger partial charge on any atom is -0.322 e. The van der Waals surface area contributed by atoms with Gasteiger partial charge in [-0.3, -0.25) is 0 Å². The van der Waals surface area contributed by atoms with Crippen LogP contribution >= 0.6 is 11.6 Å². The average Bonchev–Trinajstić information content (AvgIpc) is 2.12. The first-order valence-electron chi connectivity index (χ1n) is 3.53. The van der Waals surface area contributed by atoms with Crippen LogP contribution in [0.15, 0.2) is 12.1 Å². The fraction of sp³-hybridized carbons (Fsp3) is 0.250. The number of halogens is 4. The average molecular weight is 210 g/mol. The summed E-state index contributed by atoms with van der Waals surface area (Å²) in [4.78, 5) is 0. The Morgan fingerprint density at radius 3 is 2.38 bits per heavy atom. The molecule has 0 aliphatic carbocycles.